The maximum atomic E-state index is 11.5. The topological polar surface area (TPSA) is 95.7 Å². The van der Waals surface area contributed by atoms with Crippen molar-refractivity contribution < 1.29 is 14.7 Å². The molecule has 1 unspecified atom stereocenters. The Morgan fingerprint density at radius 1 is 1.44 bits per heavy atom. The molecule has 0 saturated heterocycles. The molecule has 1 aromatic carbocycles. The quantitative estimate of drug-likeness (QED) is 0.694. The lowest BCUT2D eigenvalue weighted by Gasteiger charge is -2.33. The first-order valence-electron chi connectivity index (χ1n) is 5.69. The van der Waals surface area contributed by atoms with Gasteiger partial charge in [0.15, 0.2) is 0 Å². The van der Waals surface area contributed by atoms with E-state index in [4.69, 9.17) is 5.73 Å². The Kier molecular flexibility index (Phi) is 3.47. The number of aliphatic hydroxyl groups excluding tert-OH is 1. The van der Waals surface area contributed by atoms with Crippen molar-refractivity contribution in [2.45, 2.75) is 12.5 Å². The second-order valence-electron chi connectivity index (χ2n) is 4.20. The minimum absolute atomic E-state index is 0.0483. The molecule has 96 valence electrons. The molecule has 0 bridgehead atoms. The summed E-state index contributed by atoms with van der Waals surface area (Å²) in [5.74, 6) is -0.450. The molecule has 18 heavy (non-hydrogen) atoms. The Morgan fingerprint density at radius 3 is 2.89 bits per heavy atom. The number of anilines is 1. The summed E-state index contributed by atoms with van der Waals surface area (Å²) in [5, 5.41) is 11.9. The number of hydrogen-bond acceptors (Lipinski definition) is 4. The predicted octanol–water partition coefficient (Wildman–Crippen LogP) is 0.125. The van der Waals surface area contributed by atoms with Gasteiger partial charge < -0.3 is 15.7 Å². The molecular weight excluding hydrogens is 234 g/mol. The van der Waals surface area contributed by atoms with Crippen molar-refractivity contribution in [1.82, 2.24) is 5.32 Å². The van der Waals surface area contributed by atoms with Crippen LogP contribution in [0.3, 0.4) is 0 Å². The second kappa shape index (κ2) is 5.05. The van der Waals surface area contributed by atoms with E-state index in [0.717, 1.165) is 11.3 Å². The van der Waals surface area contributed by atoms with Crippen LogP contribution in [0, 0.1) is 0 Å². The maximum Gasteiger partial charge on any atom is 0.318 e. The molecule has 0 aromatic heterocycles. The Bertz CT molecular complexity index is 475. The molecule has 1 atom stereocenters. The highest BCUT2D eigenvalue weighted by Gasteiger charge is 2.24. The molecule has 2 rings (SSSR count). The summed E-state index contributed by atoms with van der Waals surface area (Å²) in [4.78, 5) is 23.9. The number of primary amides is 1. The van der Waals surface area contributed by atoms with Crippen LogP contribution in [0.15, 0.2) is 24.3 Å². The molecule has 1 aliphatic rings. The third-order valence-electron chi connectivity index (χ3n) is 2.91. The number of nitrogens with zero attached hydrogens (tertiary/aromatic N) is 1. The van der Waals surface area contributed by atoms with E-state index in [1.54, 1.807) is 0 Å². The number of nitrogens with two attached hydrogens (primary N) is 1. The largest absolute Gasteiger partial charge is 0.388 e. The lowest BCUT2D eigenvalue weighted by atomic mass is 9.99. The Balaban J connectivity index is 2.14. The van der Waals surface area contributed by atoms with Crippen LogP contribution in [0.4, 0.5) is 10.5 Å². The first-order chi connectivity index (χ1) is 8.58. The molecule has 0 spiro atoms. The van der Waals surface area contributed by atoms with E-state index in [-0.39, 0.29) is 6.54 Å². The fourth-order valence-corrected chi connectivity index (χ4v) is 2.13. The normalized spacial score (nSPS) is 18.1. The van der Waals surface area contributed by atoms with Gasteiger partial charge in [0.05, 0.1) is 12.6 Å². The van der Waals surface area contributed by atoms with Crippen molar-refractivity contribution in [3.63, 3.8) is 0 Å². The van der Waals surface area contributed by atoms with Crippen molar-refractivity contribution in [2.75, 3.05) is 18.0 Å². The summed E-state index contributed by atoms with van der Waals surface area (Å²) in [7, 11) is 0. The zero-order valence-corrected chi connectivity index (χ0v) is 9.80. The molecule has 0 aliphatic carbocycles. The van der Waals surface area contributed by atoms with Crippen molar-refractivity contribution in [2.24, 2.45) is 5.73 Å². The number of rotatable bonds is 2. The maximum absolute atomic E-state index is 11.5. The molecular formula is C12H15N3O3. The van der Waals surface area contributed by atoms with E-state index >= 15 is 0 Å². The average molecular weight is 249 g/mol. The Labute approximate surface area is 104 Å². The van der Waals surface area contributed by atoms with E-state index in [0.29, 0.717) is 13.0 Å². The zero-order valence-electron chi connectivity index (χ0n) is 9.80. The van der Waals surface area contributed by atoms with Crippen LogP contribution < -0.4 is 16.0 Å². The van der Waals surface area contributed by atoms with Gasteiger partial charge in [-0.25, -0.2) is 4.79 Å². The van der Waals surface area contributed by atoms with E-state index in [2.05, 4.69) is 0 Å². The van der Waals surface area contributed by atoms with Gasteiger partial charge in [0, 0.05) is 17.8 Å². The number of urea groups is 1. The first-order valence-corrected chi connectivity index (χ1v) is 5.69. The van der Waals surface area contributed by atoms with Crippen molar-refractivity contribution in [1.29, 1.82) is 0 Å². The molecule has 1 aromatic rings. The van der Waals surface area contributed by atoms with E-state index in [9.17, 15) is 14.7 Å². The van der Waals surface area contributed by atoms with Crippen LogP contribution in [0.25, 0.3) is 0 Å². The summed E-state index contributed by atoms with van der Waals surface area (Å²) < 4.78 is 0. The van der Waals surface area contributed by atoms with Crippen LogP contribution in [0.1, 0.15) is 18.1 Å². The van der Waals surface area contributed by atoms with Gasteiger partial charge in [-0.2, -0.15) is 0 Å². The van der Waals surface area contributed by atoms with E-state index < -0.39 is 18.0 Å². The fraction of sp³-hybridized carbons (Fsp3) is 0.333. The van der Waals surface area contributed by atoms with Crippen LogP contribution in [0.2, 0.25) is 0 Å². The SMILES string of the molecule is NC(=O)NC(=O)CN1CCC(O)c2ccccc21. The summed E-state index contributed by atoms with van der Waals surface area (Å²) in [6.07, 6.45) is 0.0533. The predicted molar refractivity (Wildman–Crippen MR) is 66.0 cm³/mol. The van der Waals surface area contributed by atoms with Gasteiger partial charge in [0.2, 0.25) is 5.91 Å². The van der Waals surface area contributed by atoms with Gasteiger partial charge in [0.1, 0.15) is 0 Å². The molecule has 6 heteroatoms. The number of benzene rings is 1. The molecule has 0 radical (unpaired) electrons. The van der Waals surface area contributed by atoms with Crippen LogP contribution in [-0.4, -0.2) is 30.1 Å². The number of aliphatic hydroxyl groups is 1. The number of fused-ring (bicyclic) bond motifs is 1. The van der Waals surface area contributed by atoms with Crippen molar-refractivity contribution >= 4 is 17.6 Å². The van der Waals surface area contributed by atoms with E-state index in [1.165, 1.54) is 0 Å². The highest BCUT2D eigenvalue weighted by molar-refractivity contribution is 5.95. The summed E-state index contributed by atoms with van der Waals surface area (Å²) in [6, 6.07) is 6.50. The highest BCUT2D eigenvalue weighted by atomic mass is 16.3. The van der Waals surface area contributed by atoms with Crippen LogP contribution in [-0.2, 0) is 4.79 Å². The highest BCUT2D eigenvalue weighted by Crippen LogP contribution is 2.32. The monoisotopic (exact) mass is 249 g/mol. The molecule has 3 amide bonds. The average Bonchev–Trinajstić information content (AvgIpc) is 2.32. The Hall–Kier alpha value is -2.08. The lowest BCUT2D eigenvalue weighted by Crippen LogP contribution is -2.44. The summed E-state index contributed by atoms with van der Waals surface area (Å²) in [6.45, 7) is 0.608. The number of para-hydroxylation sites is 1. The molecule has 0 saturated carbocycles. The molecule has 4 N–H and O–H groups in total. The van der Waals surface area contributed by atoms with Gasteiger partial charge in [0.25, 0.3) is 0 Å². The number of nitrogens with one attached hydrogen (secondary N) is 1. The minimum atomic E-state index is -0.856. The van der Waals surface area contributed by atoms with Gasteiger partial charge in [-0.3, -0.25) is 10.1 Å². The smallest absolute Gasteiger partial charge is 0.318 e. The summed E-state index contributed by atoms with van der Waals surface area (Å²) in [5.41, 5.74) is 6.50. The number of amides is 3. The minimum Gasteiger partial charge on any atom is -0.388 e. The van der Waals surface area contributed by atoms with Gasteiger partial charge in [-0.15, -0.1) is 0 Å². The van der Waals surface area contributed by atoms with Crippen molar-refractivity contribution in [3.05, 3.63) is 29.8 Å². The van der Waals surface area contributed by atoms with Crippen LogP contribution in [0.5, 0.6) is 0 Å². The molecule has 1 heterocycles. The number of carbonyl (C=O) groups excluding carboxylic acids is 2. The fourth-order valence-electron chi connectivity index (χ4n) is 2.13. The third-order valence-corrected chi connectivity index (χ3v) is 2.91. The van der Waals surface area contributed by atoms with E-state index in [1.807, 2.05) is 34.5 Å². The summed E-state index contributed by atoms with van der Waals surface area (Å²) >= 11 is 0. The zero-order chi connectivity index (χ0) is 13.1. The second-order valence-corrected chi connectivity index (χ2v) is 4.20. The van der Waals surface area contributed by atoms with Gasteiger partial charge in [-0.1, -0.05) is 18.2 Å². The molecule has 1 aliphatic heterocycles. The number of imide groups is 1. The first kappa shape index (κ1) is 12.4. The van der Waals surface area contributed by atoms with Gasteiger partial charge >= 0.3 is 6.03 Å². The number of carbonyl (C=O) groups is 2. The molecule has 6 nitrogen and oxygen atoms in total. The van der Waals surface area contributed by atoms with Crippen LogP contribution >= 0.6 is 0 Å². The standard InChI is InChI=1S/C12H15N3O3/c13-12(18)14-11(17)7-15-6-5-10(16)8-3-1-2-4-9(8)15/h1-4,10,16H,5-7H2,(H3,13,14,17,18). The van der Waals surface area contributed by atoms with Crippen molar-refractivity contribution in [3.8, 4) is 0 Å². The third kappa shape index (κ3) is 2.60. The Morgan fingerprint density at radius 2 is 2.17 bits per heavy atom. The lowest BCUT2D eigenvalue weighted by molar-refractivity contribution is -0.118. The van der Waals surface area contributed by atoms with Gasteiger partial charge in [-0.05, 0) is 12.5 Å². The number of hydrogen-bond donors (Lipinski definition) is 3. The molecule has 0 fully saturated rings.